The van der Waals surface area contributed by atoms with E-state index in [1.807, 2.05) is 12.1 Å². The van der Waals surface area contributed by atoms with Gasteiger partial charge >= 0.3 is 0 Å². The standard InChI is InChI=1S/C25H31FO3/c1-16(2)18-6-9-23(28-3)22(12-18)20-13-25(29-15-20)11-10-19(14-27)24(25)17-4-7-21(26)8-5-17/h4-9,12,16,19-20,24,27H,10-11,13-15H2,1-3H3/t19-,20-,24-,25-/m1/s1. The van der Waals surface area contributed by atoms with Gasteiger partial charge in [0.15, 0.2) is 0 Å². The quantitative estimate of drug-likeness (QED) is 0.734. The molecule has 0 bridgehead atoms. The molecule has 0 radical (unpaired) electrons. The van der Waals surface area contributed by atoms with Crippen molar-refractivity contribution >= 4 is 0 Å². The molecule has 1 N–H and O–H groups in total. The maximum atomic E-state index is 13.5. The minimum absolute atomic E-state index is 0.0809. The van der Waals surface area contributed by atoms with E-state index in [0.29, 0.717) is 12.5 Å². The topological polar surface area (TPSA) is 38.7 Å². The van der Waals surface area contributed by atoms with Crippen molar-refractivity contribution in [3.05, 3.63) is 65.0 Å². The maximum absolute atomic E-state index is 13.5. The highest BCUT2D eigenvalue weighted by molar-refractivity contribution is 5.42. The molecule has 2 aliphatic rings. The maximum Gasteiger partial charge on any atom is 0.123 e. The van der Waals surface area contributed by atoms with Crippen molar-refractivity contribution in [1.82, 2.24) is 0 Å². The van der Waals surface area contributed by atoms with Crippen LogP contribution in [0.15, 0.2) is 42.5 Å². The van der Waals surface area contributed by atoms with Gasteiger partial charge in [-0.1, -0.05) is 38.1 Å². The van der Waals surface area contributed by atoms with Crippen LogP contribution < -0.4 is 4.74 Å². The Bertz CT molecular complexity index is 848. The number of rotatable bonds is 5. The van der Waals surface area contributed by atoms with Gasteiger partial charge in [0.1, 0.15) is 11.6 Å². The molecule has 2 aromatic rings. The van der Waals surface area contributed by atoms with E-state index in [2.05, 4.69) is 32.0 Å². The number of benzene rings is 2. The average Bonchev–Trinajstić information content (AvgIpc) is 3.32. The van der Waals surface area contributed by atoms with Crippen molar-refractivity contribution in [2.45, 2.75) is 56.5 Å². The Kier molecular flexibility index (Phi) is 5.67. The fraction of sp³-hybridized carbons (Fsp3) is 0.520. The van der Waals surface area contributed by atoms with Crippen molar-refractivity contribution in [3.8, 4) is 5.75 Å². The Morgan fingerprint density at radius 1 is 1.21 bits per heavy atom. The van der Waals surface area contributed by atoms with Gasteiger partial charge in [-0.05, 0) is 66.0 Å². The highest BCUT2D eigenvalue weighted by Crippen LogP contribution is 2.56. The summed E-state index contributed by atoms with van der Waals surface area (Å²) in [5.41, 5.74) is 3.26. The largest absolute Gasteiger partial charge is 0.496 e. The molecule has 0 amide bonds. The molecular formula is C25H31FO3. The lowest BCUT2D eigenvalue weighted by Crippen LogP contribution is -2.34. The second-order valence-electron chi connectivity index (χ2n) is 8.94. The summed E-state index contributed by atoms with van der Waals surface area (Å²) in [5.74, 6) is 1.61. The lowest BCUT2D eigenvalue weighted by atomic mass is 9.76. The van der Waals surface area contributed by atoms with Gasteiger partial charge in [-0.25, -0.2) is 4.39 Å². The van der Waals surface area contributed by atoms with Crippen LogP contribution in [0.25, 0.3) is 0 Å². The molecule has 3 nitrogen and oxygen atoms in total. The minimum Gasteiger partial charge on any atom is -0.496 e. The first kappa shape index (κ1) is 20.4. The zero-order valence-corrected chi connectivity index (χ0v) is 17.5. The Hall–Kier alpha value is -1.91. The van der Waals surface area contributed by atoms with E-state index in [9.17, 15) is 9.50 Å². The second-order valence-corrected chi connectivity index (χ2v) is 8.94. The van der Waals surface area contributed by atoms with Crippen molar-refractivity contribution in [2.24, 2.45) is 5.92 Å². The van der Waals surface area contributed by atoms with E-state index in [1.165, 1.54) is 23.3 Å². The summed E-state index contributed by atoms with van der Waals surface area (Å²) in [4.78, 5) is 0. The smallest absolute Gasteiger partial charge is 0.123 e. The lowest BCUT2D eigenvalue weighted by molar-refractivity contribution is -0.0122. The predicted octanol–water partition coefficient (Wildman–Crippen LogP) is 5.39. The molecule has 0 aromatic heterocycles. The van der Waals surface area contributed by atoms with E-state index >= 15 is 0 Å². The number of hydrogen-bond donors (Lipinski definition) is 1. The number of aliphatic hydroxyl groups is 1. The van der Waals surface area contributed by atoms with Crippen molar-refractivity contribution in [3.63, 3.8) is 0 Å². The van der Waals surface area contributed by atoms with E-state index in [0.717, 1.165) is 30.6 Å². The van der Waals surface area contributed by atoms with Crippen LogP contribution >= 0.6 is 0 Å². The van der Waals surface area contributed by atoms with Gasteiger partial charge in [0.2, 0.25) is 0 Å². The van der Waals surface area contributed by atoms with Crippen LogP contribution in [-0.2, 0) is 4.74 Å². The molecule has 1 saturated carbocycles. The van der Waals surface area contributed by atoms with Gasteiger partial charge in [0.05, 0.1) is 19.3 Å². The summed E-state index contributed by atoms with van der Waals surface area (Å²) < 4.78 is 25.7. The van der Waals surface area contributed by atoms with E-state index in [4.69, 9.17) is 9.47 Å². The van der Waals surface area contributed by atoms with Crippen LogP contribution in [0, 0.1) is 11.7 Å². The number of aliphatic hydroxyl groups excluding tert-OH is 1. The molecule has 2 aromatic carbocycles. The number of hydrogen-bond acceptors (Lipinski definition) is 3. The van der Waals surface area contributed by atoms with E-state index in [1.54, 1.807) is 7.11 Å². The molecule has 2 fully saturated rings. The van der Waals surface area contributed by atoms with Crippen molar-refractivity contribution < 1.29 is 19.0 Å². The molecule has 4 rings (SSSR count). The van der Waals surface area contributed by atoms with Crippen molar-refractivity contribution in [2.75, 3.05) is 20.3 Å². The van der Waals surface area contributed by atoms with Crippen LogP contribution in [0.5, 0.6) is 5.75 Å². The van der Waals surface area contributed by atoms with Crippen LogP contribution in [0.1, 0.15) is 67.6 Å². The summed E-state index contributed by atoms with van der Waals surface area (Å²) in [6.07, 6.45) is 2.74. The Labute approximate surface area is 172 Å². The fourth-order valence-electron chi connectivity index (χ4n) is 5.45. The molecule has 1 aliphatic carbocycles. The number of methoxy groups -OCH3 is 1. The molecule has 156 valence electrons. The van der Waals surface area contributed by atoms with E-state index in [-0.39, 0.29) is 35.8 Å². The molecule has 4 heteroatoms. The monoisotopic (exact) mass is 398 g/mol. The number of halogens is 1. The molecule has 4 atom stereocenters. The normalized spacial score (nSPS) is 29.1. The summed E-state index contributed by atoms with van der Waals surface area (Å²) in [5, 5.41) is 10.0. The molecule has 1 saturated heterocycles. The predicted molar refractivity (Wildman–Crippen MR) is 112 cm³/mol. The molecule has 0 unspecified atom stereocenters. The van der Waals surface area contributed by atoms with Gasteiger partial charge < -0.3 is 14.6 Å². The first-order valence-electron chi connectivity index (χ1n) is 10.7. The molecular weight excluding hydrogens is 367 g/mol. The molecule has 1 heterocycles. The van der Waals surface area contributed by atoms with Gasteiger partial charge in [0, 0.05) is 18.4 Å². The fourth-order valence-corrected chi connectivity index (χ4v) is 5.45. The first-order valence-corrected chi connectivity index (χ1v) is 10.7. The van der Waals surface area contributed by atoms with Crippen molar-refractivity contribution in [1.29, 1.82) is 0 Å². The summed E-state index contributed by atoms with van der Waals surface area (Å²) in [6.45, 7) is 5.18. The summed E-state index contributed by atoms with van der Waals surface area (Å²) in [7, 11) is 1.72. The Morgan fingerprint density at radius 3 is 2.62 bits per heavy atom. The summed E-state index contributed by atoms with van der Waals surface area (Å²) in [6, 6.07) is 13.2. The Balaban J connectivity index is 1.67. The van der Waals surface area contributed by atoms with Gasteiger partial charge in [0.25, 0.3) is 0 Å². The zero-order valence-electron chi connectivity index (χ0n) is 17.5. The van der Waals surface area contributed by atoms with Gasteiger partial charge in [-0.15, -0.1) is 0 Å². The third kappa shape index (κ3) is 3.69. The van der Waals surface area contributed by atoms with Crippen LogP contribution in [0.4, 0.5) is 4.39 Å². The summed E-state index contributed by atoms with van der Waals surface area (Å²) >= 11 is 0. The minimum atomic E-state index is -0.311. The van der Waals surface area contributed by atoms with Crippen LogP contribution in [-0.4, -0.2) is 31.0 Å². The van der Waals surface area contributed by atoms with Gasteiger partial charge in [-0.3, -0.25) is 0 Å². The third-order valence-corrected chi connectivity index (χ3v) is 6.96. The zero-order chi connectivity index (χ0) is 20.6. The molecule has 1 spiro atoms. The molecule has 29 heavy (non-hydrogen) atoms. The first-order chi connectivity index (χ1) is 14.0. The van der Waals surface area contributed by atoms with E-state index < -0.39 is 0 Å². The molecule has 1 aliphatic heterocycles. The van der Waals surface area contributed by atoms with Crippen LogP contribution in [0.2, 0.25) is 0 Å². The average molecular weight is 399 g/mol. The SMILES string of the molecule is COc1ccc(C(C)C)cc1[C@H]1CO[C@]2(CC[C@H](CO)[C@H]2c2ccc(F)cc2)C1. The Morgan fingerprint density at radius 2 is 1.97 bits per heavy atom. The second kappa shape index (κ2) is 8.08. The third-order valence-electron chi connectivity index (χ3n) is 6.96. The van der Waals surface area contributed by atoms with Gasteiger partial charge in [-0.2, -0.15) is 0 Å². The number of ether oxygens (including phenoxy) is 2. The highest BCUT2D eigenvalue weighted by atomic mass is 19.1. The highest BCUT2D eigenvalue weighted by Gasteiger charge is 2.54. The van der Waals surface area contributed by atoms with Crippen LogP contribution in [0.3, 0.4) is 0 Å². The lowest BCUT2D eigenvalue weighted by Gasteiger charge is -2.33.